The average Bonchev–Trinajstić information content (AvgIpc) is 3.22. The molecule has 3 aromatic rings. The molecule has 208 valence electrons. The molecule has 40 heavy (non-hydrogen) atoms. The van der Waals surface area contributed by atoms with E-state index in [-0.39, 0.29) is 24.4 Å². The summed E-state index contributed by atoms with van der Waals surface area (Å²) in [5, 5.41) is 3.52. The topological polar surface area (TPSA) is 76.2 Å². The number of nitrogens with one attached hydrogen (secondary N) is 1. The molecule has 0 aliphatic carbocycles. The van der Waals surface area contributed by atoms with Crippen molar-refractivity contribution in [3.8, 4) is 0 Å². The number of hydrogen-bond donors (Lipinski definition) is 1. The maximum absolute atomic E-state index is 14.0. The maximum Gasteiger partial charge on any atom is 0.321 e. The van der Waals surface area contributed by atoms with E-state index in [1.165, 1.54) is 0 Å². The maximum atomic E-state index is 14.0. The molecule has 3 aromatic carbocycles. The van der Waals surface area contributed by atoms with Crippen LogP contribution in [0.3, 0.4) is 0 Å². The van der Waals surface area contributed by atoms with Crippen LogP contribution in [0.5, 0.6) is 0 Å². The molecule has 2 heterocycles. The first-order valence-corrected chi connectivity index (χ1v) is 13.9. The molecular weight excluding hydrogens is 549 g/mol. The fourth-order valence-electron chi connectivity index (χ4n) is 5.43. The van der Waals surface area contributed by atoms with Gasteiger partial charge >= 0.3 is 6.03 Å². The van der Waals surface area contributed by atoms with E-state index < -0.39 is 5.54 Å². The van der Waals surface area contributed by atoms with E-state index in [1.807, 2.05) is 60.7 Å². The van der Waals surface area contributed by atoms with Crippen molar-refractivity contribution in [3.05, 3.63) is 94.5 Å². The Morgan fingerprint density at radius 3 is 2.12 bits per heavy atom. The van der Waals surface area contributed by atoms with Crippen molar-refractivity contribution in [1.29, 1.82) is 0 Å². The number of likely N-dealkylation sites (tertiary alicyclic amines) is 1. The molecule has 2 aliphatic heterocycles. The lowest BCUT2D eigenvalue weighted by Crippen LogP contribution is -2.58. The Hall–Kier alpha value is -3.75. The van der Waals surface area contributed by atoms with Crippen molar-refractivity contribution < 1.29 is 14.4 Å². The van der Waals surface area contributed by atoms with E-state index in [0.29, 0.717) is 54.9 Å². The van der Waals surface area contributed by atoms with Crippen LogP contribution in [0.15, 0.2) is 78.9 Å². The molecule has 1 spiro atoms. The monoisotopic (exact) mass is 579 g/mol. The van der Waals surface area contributed by atoms with E-state index in [4.69, 9.17) is 23.2 Å². The van der Waals surface area contributed by atoms with Gasteiger partial charge in [-0.2, -0.15) is 0 Å². The number of amides is 4. The molecule has 2 fully saturated rings. The molecule has 4 amide bonds. The highest BCUT2D eigenvalue weighted by atomic mass is 35.5. The van der Waals surface area contributed by atoms with Crippen LogP contribution in [0.1, 0.15) is 18.4 Å². The number of benzene rings is 3. The van der Waals surface area contributed by atoms with Gasteiger partial charge in [-0.05, 0) is 42.7 Å². The zero-order chi connectivity index (χ0) is 28.3. The highest BCUT2D eigenvalue weighted by Gasteiger charge is 2.54. The number of piperidine rings is 1. The molecule has 5 rings (SSSR count). The van der Waals surface area contributed by atoms with Crippen molar-refractivity contribution in [2.75, 3.05) is 43.6 Å². The molecule has 8 nitrogen and oxygen atoms in total. The van der Waals surface area contributed by atoms with E-state index in [9.17, 15) is 14.4 Å². The molecule has 10 heteroatoms. The summed E-state index contributed by atoms with van der Waals surface area (Å²) in [6, 6.07) is 24.2. The molecule has 1 N–H and O–H groups in total. The van der Waals surface area contributed by atoms with Crippen molar-refractivity contribution in [3.63, 3.8) is 0 Å². The summed E-state index contributed by atoms with van der Waals surface area (Å²) in [6.07, 6.45) is 0.851. The first-order valence-electron chi connectivity index (χ1n) is 13.2. The lowest BCUT2D eigenvalue weighted by atomic mass is 9.85. The van der Waals surface area contributed by atoms with Gasteiger partial charge in [-0.25, -0.2) is 4.79 Å². The standard InChI is InChI=1S/C30H31Cl2N5O3/c1-34(19-22-9-4-2-5-10-22)26(38)20-36-21-37(23-11-6-3-7-12-23)30(28(36)39)15-17-35(18-16-30)29(40)33-27-24(31)13-8-14-25(27)32/h2-14H,15-21H2,1H3,(H,33,40). The molecule has 0 radical (unpaired) electrons. The highest BCUT2D eigenvalue weighted by Crippen LogP contribution is 2.40. The first kappa shape index (κ1) is 27.8. The lowest BCUT2D eigenvalue weighted by Gasteiger charge is -2.43. The molecule has 2 aliphatic rings. The Balaban J connectivity index is 1.30. The van der Waals surface area contributed by atoms with Gasteiger partial charge in [-0.3, -0.25) is 9.59 Å². The van der Waals surface area contributed by atoms with Gasteiger partial charge < -0.3 is 24.9 Å². The predicted molar refractivity (Wildman–Crippen MR) is 157 cm³/mol. The number of rotatable bonds is 6. The van der Waals surface area contributed by atoms with Crippen LogP contribution in [-0.2, 0) is 16.1 Å². The van der Waals surface area contributed by atoms with Crippen LogP contribution >= 0.6 is 23.2 Å². The summed E-state index contributed by atoms with van der Waals surface area (Å²) in [4.78, 5) is 47.3. The van der Waals surface area contributed by atoms with E-state index in [1.54, 1.807) is 39.9 Å². The van der Waals surface area contributed by atoms with Gasteiger partial charge in [-0.1, -0.05) is 77.8 Å². The molecule has 0 aromatic heterocycles. The number of anilines is 2. The Bertz CT molecular complexity index is 1360. The summed E-state index contributed by atoms with van der Waals surface area (Å²) >= 11 is 12.5. The Labute approximate surface area is 244 Å². The normalized spacial score (nSPS) is 16.4. The first-order chi connectivity index (χ1) is 19.3. The Morgan fingerprint density at radius 1 is 0.900 bits per heavy atom. The third kappa shape index (κ3) is 5.60. The van der Waals surface area contributed by atoms with Crippen LogP contribution in [0.25, 0.3) is 0 Å². The molecule has 2 saturated heterocycles. The number of nitrogens with zero attached hydrogens (tertiary/aromatic N) is 4. The summed E-state index contributed by atoms with van der Waals surface area (Å²) < 4.78 is 0. The minimum Gasteiger partial charge on any atom is -0.340 e. The predicted octanol–water partition coefficient (Wildman–Crippen LogP) is 5.32. The summed E-state index contributed by atoms with van der Waals surface area (Å²) in [5.41, 5.74) is 1.45. The zero-order valence-corrected chi connectivity index (χ0v) is 23.7. The molecule has 0 unspecified atom stereocenters. The summed E-state index contributed by atoms with van der Waals surface area (Å²) in [5.74, 6) is -0.220. The van der Waals surface area contributed by atoms with Crippen molar-refractivity contribution in [2.45, 2.75) is 24.9 Å². The van der Waals surface area contributed by atoms with Crippen LogP contribution in [0.2, 0.25) is 10.0 Å². The second-order valence-electron chi connectivity index (χ2n) is 10.2. The van der Waals surface area contributed by atoms with Crippen LogP contribution in [-0.4, -0.2) is 71.4 Å². The van der Waals surface area contributed by atoms with Crippen molar-refractivity contribution in [2.24, 2.45) is 0 Å². The number of para-hydroxylation sites is 2. The summed E-state index contributed by atoms with van der Waals surface area (Å²) in [7, 11) is 1.75. The van der Waals surface area contributed by atoms with E-state index in [2.05, 4.69) is 10.2 Å². The SMILES string of the molecule is CN(Cc1ccccc1)C(=O)CN1CN(c2ccccc2)C2(CCN(C(=O)Nc3c(Cl)cccc3Cl)CC2)C1=O. The number of halogens is 2. The van der Waals surface area contributed by atoms with Gasteiger partial charge in [0, 0.05) is 32.4 Å². The third-order valence-electron chi connectivity index (χ3n) is 7.67. The smallest absolute Gasteiger partial charge is 0.321 e. The van der Waals surface area contributed by atoms with Crippen molar-refractivity contribution >= 4 is 52.4 Å². The minimum absolute atomic E-state index is 0.0115. The van der Waals surface area contributed by atoms with Crippen molar-refractivity contribution in [1.82, 2.24) is 14.7 Å². The van der Waals surface area contributed by atoms with Crippen LogP contribution in [0.4, 0.5) is 16.2 Å². The summed E-state index contributed by atoms with van der Waals surface area (Å²) in [6.45, 7) is 1.48. The van der Waals surface area contributed by atoms with Gasteiger partial charge in [0.05, 0.1) is 22.4 Å². The molecule has 0 bridgehead atoms. The minimum atomic E-state index is -0.849. The molecule has 0 atom stereocenters. The number of carbonyl (C=O) groups is 3. The fraction of sp³-hybridized carbons (Fsp3) is 0.300. The van der Waals surface area contributed by atoms with Gasteiger partial charge in [0.25, 0.3) is 5.91 Å². The third-order valence-corrected chi connectivity index (χ3v) is 8.30. The van der Waals surface area contributed by atoms with Gasteiger partial charge in [0.2, 0.25) is 5.91 Å². The van der Waals surface area contributed by atoms with E-state index >= 15 is 0 Å². The van der Waals surface area contributed by atoms with E-state index in [0.717, 1.165) is 11.3 Å². The lowest BCUT2D eigenvalue weighted by molar-refractivity contribution is -0.140. The highest BCUT2D eigenvalue weighted by molar-refractivity contribution is 6.39. The second kappa shape index (κ2) is 11.8. The largest absolute Gasteiger partial charge is 0.340 e. The number of carbonyl (C=O) groups excluding carboxylic acids is 3. The van der Waals surface area contributed by atoms with Crippen LogP contribution < -0.4 is 10.2 Å². The second-order valence-corrected chi connectivity index (χ2v) is 11.0. The zero-order valence-electron chi connectivity index (χ0n) is 22.2. The van der Waals surface area contributed by atoms with Gasteiger partial charge in [0.15, 0.2) is 0 Å². The molecule has 0 saturated carbocycles. The Morgan fingerprint density at radius 2 is 1.50 bits per heavy atom. The average molecular weight is 581 g/mol. The fourth-order valence-corrected chi connectivity index (χ4v) is 5.93. The van der Waals surface area contributed by atoms with Gasteiger partial charge in [-0.15, -0.1) is 0 Å². The molecular formula is C30H31Cl2N5O3. The number of hydrogen-bond acceptors (Lipinski definition) is 4. The Kier molecular flexibility index (Phi) is 8.19. The van der Waals surface area contributed by atoms with Crippen LogP contribution in [0, 0.1) is 0 Å². The number of likely N-dealkylation sites (N-methyl/N-ethyl adjacent to an activating group) is 1. The quantitative estimate of drug-likeness (QED) is 0.428. The van der Waals surface area contributed by atoms with Gasteiger partial charge in [0.1, 0.15) is 12.1 Å². The number of urea groups is 1.